The Morgan fingerprint density at radius 1 is 1.30 bits per heavy atom. The highest BCUT2D eigenvalue weighted by molar-refractivity contribution is 6.43. The predicted molar refractivity (Wildman–Crippen MR) is 80.5 cm³/mol. The van der Waals surface area contributed by atoms with Crippen molar-refractivity contribution in [2.24, 2.45) is 5.10 Å². The molecule has 0 saturated heterocycles. The highest BCUT2D eigenvalue weighted by Gasteiger charge is 2.04. The van der Waals surface area contributed by atoms with Crippen molar-refractivity contribution in [3.05, 3.63) is 63.4 Å². The third-order valence-corrected chi connectivity index (χ3v) is 3.36. The summed E-state index contributed by atoms with van der Waals surface area (Å²) in [5.41, 5.74) is 4.31. The summed E-state index contributed by atoms with van der Waals surface area (Å²) in [6, 6.07) is 8.61. The standard InChI is InChI=1S/C14H11Cl2N3O/c1-9-5-6-11(7-17-9)14(20)19-18-8-10-3-2-4-12(15)13(10)16/h2-8H,1H3,(H,19,20)/b18-8-. The third-order valence-electron chi connectivity index (χ3n) is 2.52. The summed E-state index contributed by atoms with van der Waals surface area (Å²) in [5, 5.41) is 4.67. The fraction of sp³-hybridized carbons (Fsp3) is 0.0714. The SMILES string of the molecule is Cc1ccc(C(=O)N/N=C\c2cccc(Cl)c2Cl)cn1. The Labute approximate surface area is 126 Å². The van der Waals surface area contributed by atoms with Crippen LogP contribution in [0, 0.1) is 6.92 Å². The zero-order valence-electron chi connectivity index (χ0n) is 10.6. The molecule has 0 fully saturated rings. The lowest BCUT2D eigenvalue weighted by molar-refractivity contribution is 0.0955. The maximum Gasteiger partial charge on any atom is 0.272 e. The molecule has 0 saturated carbocycles. The van der Waals surface area contributed by atoms with Gasteiger partial charge in [-0.3, -0.25) is 9.78 Å². The van der Waals surface area contributed by atoms with Gasteiger partial charge in [0.25, 0.3) is 5.91 Å². The van der Waals surface area contributed by atoms with Crippen molar-refractivity contribution in [1.29, 1.82) is 0 Å². The molecular weight excluding hydrogens is 297 g/mol. The van der Waals surface area contributed by atoms with Gasteiger partial charge in [-0.05, 0) is 25.1 Å². The monoisotopic (exact) mass is 307 g/mol. The van der Waals surface area contributed by atoms with Gasteiger partial charge in [-0.1, -0.05) is 35.3 Å². The minimum absolute atomic E-state index is 0.341. The molecule has 4 nitrogen and oxygen atoms in total. The first kappa shape index (κ1) is 14.5. The van der Waals surface area contributed by atoms with Crippen LogP contribution in [0.2, 0.25) is 10.0 Å². The summed E-state index contributed by atoms with van der Waals surface area (Å²) in [7, 11) is 0. The highest BCUT2D eigenvalue weighted by Crippen LogP contribution is 2.24. The molecule has 0 spiro atoms. The highest BCUT2D eigenvalue weighted by atomic mass is 35.5. The number of rotatable bonds is 3. The van der Waals surface area contributed by atoms with Gasteiger partial charge in [0.05, 0.1) is 21.8 Å². The van der Waals surface area contributed by atoms with Gasteiger partial charge in [0, 0.05) is 17.5 Å². The average Bonchev–Trinajstić information content (AvgIpc) is 2.44. The number of hydrogen-bond donors (Lipinski definition) is 1. The molecule has 0 aliphatic rings. The van der Waals surface area contributed by atoms with Crippen molar-refractivity contribution in [3.63, 3.8) is 0 Å². The number of nitrogens with zero attached hydrogens (tertiary/aromatic N) is 2. The molecule has 6 heteroatoms. The van der Waals surface area contributed by atoms with Gasteiger partial charge in [0.2, 0.25) is 0 Å². The van der Waals surface area contributed by atoms with Gasteiger partial charge in [0.15, 0.2) is 0 Å². The number of carbonyl (C=O) groups excluding carboxylic acids is 1. The summed E-state index contributed by atoms with van der Waals surface area (Å²) in [6.07, 6.45) is 2.93. The van der Waals surface area contributed by atoms with Crippen molar-refractivity contribution >= 4 is 35.3 Å². The van der Waals surface area contributed by atoms with E-state index in [0.717, 1.165) is 5.69 Å². The predicted octanol–water partition coefficient (Wildman–Crippen LogP) is 3.46. The summed E-state index contributed by atoms with van der Waals surface area (Å²) in [4.78, 5) is 15.8. The Bertz CT molecular complexity index is 654. The maximum absolute atomic E-state index is 11.8. The largest absolute Gasteiger partial charge is 0.272 e. The molecule has 0 radical (unpaired) electrons. The van der Waals surface area contributed by atoms with Crippen LogP contribution in [0.4, 0.5) is 0 Å². The van der Waals surface area contributed by atoms with Crippen molar-refractivity contribution in [1.82, 2.24) is 10.4 Å². The molecule has 2 rings (SSSR count). The van der Waals surface area contributed by atoms with Crippen LogP contribution in [0.15, 0.2) is 41.6 Å². The smallest absolute Gasteiger partial charge is 0.267 e. The van der Waals surface area contributed by atoms with Crippen molar-refractivity contribution in [2.75, 3.05) is 0 Å². The molecular formula is C14H11Cl2N3O. The van der Waals surface area contributed by atoms with Crippen LogP contribution in [-0.4, -0.2) is 17.1 Å². The van der Waals surface area contributed by atoms with E-state index in [1.807, 2.05) is 6.92 Å². The first-order valence-electron chi connectivity index (χ1n) is 5.78. The first-order valence-corrected chi connectivity index (χ1v) is 6.53. The molecule has 1 amide bonds. The second-order valence-electron chi connectivity index (χ2n) is 4.03. The van der Waals surface area contributed by atoms with E-state index in [0.29, 0.717) is 21.2 Å². The van der Waals surface area contributed by atoms with Crippen LogP contribution in [-0.2, 0) is 0 Å². The average molecular weight is 308 g/mol. The van der Waals surface area contributed by atoms with Gasteiger partial charge in [-0.25, -0.2) is 5.43 Å². The van der Waals surface area contributed by atoms with Crippen LogP contribution >= 0.6 is 23.2 Å². The Balaban J connectivity index is 2.04. The van der Waals surface area contributed by atoms with E-state index in [4.69, 9.17) is 23.2 Å². The zero-order chi connectivity index (χ0) is 14.5. The molecule has 0 aliphatic carbocycles. The van der Waals surface area contributed by atoms with E-state index < -0.39 is 0 Å². The van der Waals surface area contributed by atoms with E-state index in [2.05, 4.69) is 15.5 Å². The molecule has 0 aliphatic heterocycles. The fourth-order valence-corrected chi connectivity index (χ4v) is 1.80. The van der Waals surface area contributed by atoms with Gasteiger partial charge in [-0.15, -0.1) is 0 Å². The molecule has 0 bridgehead atoms. The minimum atomic E-state index is -0.341. The third kappa shape index (κ3) is 3.56. The Morgan fingerprint density at radius 3 is 2.80 bits per heavy atom. The number of amides is 1. The number of nitrogens with one attached hydrogen (secondary N) is 1. The Hall–Kier alpha value is -1.91. The molecule has 2 aromatic rings. The molecule has 0 atom stereocenters. The quantitative estimate of drug-likeness (QED) is 0.697. The van der Waals surface area contributed by atoms with E-state index in [1.165, 1.54) is 12.4 Å². The van der Waals surface area contributed by atoms with Gasteiger partial charge >= 0.3 is 0 Å². The molecule has 1 N–H and O–H groups in total. The van der Waals surface area contributed by atoms with Gasteiger partial charge < -0.3 is 0 Å². The number of aryl methyl sites for hydroxylation is 1. The number of benzene rings is 1. The van der Waals surface area contributed by atoms with Crippen molar-refractivity contribution in [2.45, 2.75) is 6.92 Å². The van der Waals surface area contributed by atoms with E-state index in [1.54, 1.807) is 30.3 Å². The molecule has 1 aromatic heterocycles. The topological polar surface area (TPSA) is 54.4 Å². The second-order valence-corrected chi connectivity index (χ2v) is 4.82. The maximum atomic E-state index is 11.8. The number of halogens is 2. The molecule has 0 unspecified atom stereocenters. The summed E-state index contributed by atoms with van der Waals surface area (Å²) in [5.74, 6) is -0.341. The van der Waals surface area contributed by atoms with E-state index in [-0.39, 0.29) is 5.91 Å². The lowest BCUT2D eigenvalue weighted by Crippen LogP contribution is -2.17. The summed E-state index contributed by atoms with van der Waals surface area (Å²) < 4.78 is 0. The molecule has 20 heavy (non-hydrogen) atoms. The molecule has 1 aromatic carbocycles. The fourth-order valence-electron chi connectivity index (χ4n) is 1.45. The number of hydrogen-bond acceptors (Lipinski definition) is 3. The summed E-state index contributed by atoms with van der Waals surface area (Å²) >= 11 is 11.9. The number of aromatic nitrogens is 1. The van der Waals surface area contributed by atoms with Crippen LogP contribution < -0.4 is 5.43 Å². The lowest BCUT2D eigenvalue weighted by Gasteiger charge is -2.01. The zero-order valence-corrected chi connectivity index (χ0v) is 12.1. The number of pyridine rings is 1. The van der Waals surface area contributed by atoms with Crippen LogP contribution in [0.3, 0.4) is 0 Å². The van der Waals surface area contributed by atoms with Gasteiger partial charge in [0.1, 0.15) is 0 Å². The molecule has 1 heterocycles. The first-order chi connectivity index (χ1) is 9.58. The lowest BCUT2D eigenvalue weighted by atomic mass is 10.2. The van der Waals surface area contributed by atoms with Gasteiger partial charge in [-0.2, -0.15) is 5.10 Å². The normalized spacial score (nSPS) is 10.8. The Morgan fingerprint density at radius 2 is 2.10 bits per heavy atom. The van der Waals surface area contributed by atoms with Crippen LogP contribution in [0.25, 0.3) is 0 Å². The number of hydrazone groups is 1. The van der Waals surface area contributed by atoms with Crippen molar-refractivity contribution < 1.29 is 4.79 Å². The Kier molecular flexibility index (Phi) is 4.71. The summed E-state index contributed by atoms with van der Waals surface area (Å²) in [6.45, 7) is 1.85. The minimum Gasteiger partial charge on any atom is -0.267 e. The van der Waals surface area contributed by atoms with E-state index in [9.17, 15) is 4.79 Å². The second kappa shape index (κ2) is 6.50. The molecule has 102 valence electrons. The number of carbonyl (C=O) groups is 1. The van der Waals surface area contributed by atoms with E-state index >= 15 is 0 Å². The van der Waals surface area contributed by atoms with Crippen molar-refractivity contribution in [3.8, 4) is 0 Å². The van der Waals surface area contributed by atoms with Crippen LogP contribution in [0.1, 0.15) is 21.6 Å². The van der Waals surface area contributed by atoms with Crippen LogP contribution in [0.5, 0.6) is 0 Å².